The van der Waals surface area contributed by atoms with Crippen molar-refractivity contribution in [2.24, 2.45) is 5.73 Å². The fourth-order valence-electron chi connectivity index (χ4n) is 1.19. The molecule has 0 aromatic carbocycles. The molecule has 0 unspecified atom stereocenters. The van der Waals surface area contributed by atoms with Gasteiger partial charge in [-0.05, 0) is 0 Å². The van der Waals surface area contributed by atoms with Crippen molar-refractivity contribution in [3.8, 4) is 0 Å². The van der Waals surface area contributed by atoms with Crippen LogP contribution in [0.3, 0.4) is 0 Å². The number of carbonyl (C=O) groups is 2. The summed E-state index contributed by atoms with van der Waals surface area (Å²) < 4.78 is 4.48. The molecule has 1 saturated heterocycles. The Kier molecular flexibility index (Phi) is 2.06. The molecule has 0 aromatic rings. The van der Waals surface area contributed by atoms with Crippen LogP contribution >= 0.6 is 0 Å². The zero-order chi connectivity index (χ0) is 9.35. The summed E-state index contributed by atoms with van der Waals surface area (Å²) in [5.41, 5.74) is 4.64. The van der Waals surface area contributed by atoms with Gasteiger partial charge in [0.05, 0.1) is 20.2 Å². The molecular formula is C7H12N2O3. The Morgan fingerprint density at radius 3 is 2.33 bits per heavy atom. The Labute approximate surface area is 70.5 Å². The van der Waals surface area contributed by atoms with Gasteiger partial charge in [-0.3, -0.25) is 4.79 Å². The summed E-state index contributed by atoms with van der Waals surface area (Å²) >= 11 is 0. The van der Waals surface area contributed by atoms with Gasteiger partial charge in [-0.1, -0.05) is 0 Å². The number of amides is 1. The van der Waals surface area contributed by atoms with Gasteiger partial charge in [0.1, 0.15) is 5.54 Å². The molecule has 0 atom stereocenters. The van der Waals surface area contributed by atoms with Crippen LogP contribution in [0.5, 0.6) is 0 Å². The lowest BCUT2D eigenvalue weighted by Crippen LogP contribution is -2.72. The SMILES string of the molecule is COC(=O)C1(N)CN(C(C)=O)C1. The number of carbonyl (C=O) groups excluding carboxylic acids is 2. The van der Waals surface area contributed by atoms with Crippen LogP contribution in [0.2, 0.25) is 0 Å². The summed E-state index contributed by atoms with van der Waals surface area (Å²) in [6, 6.07) is 0. The van der Waals surface area contributed by atoms with E-state index < -0.39 is 11.5 Å². The molecule has 1 heterocycles. The molecule has 0 aliphatic carbocycles. The largest absolute Gasteiger partial charge is 0.468 e. The van der Waals surface area contributed by atoms with Gasteiger partial charge in [0.2, 0.25) is 5.91 Å². The van der Waals surface area contributed by atoms with Crippen LogP contribution < -0.4 is 5.73 Å². The number of hydrogen-bond donors (Lipinski definition) is 1. The lowest BCUT2D eigenvalue weighted by atomic mass is 9.91. The Balaban J connectivity index is 2.50. The van der Waals surface area contributed by atoms with Crippen LogP contribution in [-0.4, -0.2) is 42.5 Å². The van der Waals surface area contributed by atoms with E-state index >= 15 is 0 Å². The van der Waals surface area contributed by atoms with Crippen molar-refractivity contribution < 1.29 is 14.3 Å². The second-order valence-electron chi connectivity index (χ2n) is 3.02. The molecule has 5 heteroatoms. The smallest absolute Gasteiger partial charge is 0.329 e. The highest BCUT2D eigenvalue weighted by atomic mass is 16.5. The highest BCUT2D eigenvalue weighted by Gasteiger charge is 2.48. The number of rotatable bonds is 1. The average molecular weight is 172 g/mol. The van der Waals surface area contributed by atoms with Gasteiger partial charge >= 0.3 is 5.97 Å². The third-order valence-corrected chi connectivity index (χ3v) is 1.98. The molecule has 0 saturated carbocycles. The molecule has 12 heavy (non-hydrogen) atoms. The minimum Gasteiger partial charge on any atom is -0.468 e. The van der Waals surface area contributed by atoms with E-state index in [9.17, 15) is 9.59 Å². The van der Waals surface area contributed by atoms with Gasteiger partial charge in [0, 0.05) is 6.92 Å². The topological polar surface area (TPSA) is 72.6 Å². The summed E-state index contributed by atoms with van der Waals surface area (Å²) in [5.74, 6) is -0.528. The first-order valence-corrected chi connectivity index (χ1v) is 3.62. The molecule has 0 spiro atoms. The van der Waals surface area contributed by atoms with E-state index in [0.717, 1.165) is 0 Å². The average Bonchev–Trinajstić information content (AvgIpc) is 1.96. The van der Waals surface area contributed by atoms with E-state index in [1.54, 1.807) is 0 Å². The van der Waals surface area contributed by atoms with E-state index in [2.05, 4.69) is 4.74 Å². The fraction of sp³-hybridized carbons (Fsp3) is 0.714. The number of likely N-dealkylation sites (tertiary alicyclic amines) is 1. The summed E-state index contributed by atoms with van der Waals surface area (Å²) in [4.78, 5) is 23.2. The third kappa shape index (κ3) is 1.27. The molecule has 0 radical (unpaired) electrons. The normalized spacial score (nSPS) is 19.8. The number of hydrogen-bond acceptors (Lipinski definition) is 4. The molecule has 1 rings (SSSR count). The molecule has 1 aliphatic rings. The maximum Gasteiger partial charge on any atom is 0.329 e. The lowest BCUT2D eigenvalue weighted by Gasteiger charge is -2.44. The molecule has 0 bridgehead atoms. The zero-order valence-electron chi connectivity index (χ0n) is 7.16. The van der Waals surface area contributed by atoms with E-state index in [1.807, 2.05) is 0 Å². The molecule has 0 aromatic heterocycles. The predicted molar refractivity (Wildman–Crippen MR) is 41.2 cm³/mol. The predicted octanol–water partition coefficient (Wildman–Crippen LogP) is -1.28. The van der Waals surface area contributed by atoms with Crippen molar-refractivity contribution >= 4 is 11.9 Å². The Morgan fingerprint density at radius 2 is 2.00 bits per heavy atom. The van der Waals surface area contributed by atoms with E-state index in [0.29, 0.717) is 0 Å². The van der Waals surface area contributed by atoms with Crippen LogP contribution in [0.1, 0.15) is 6.92 Å². The van der Waals surface area contributed by atoms with Gasteiger partial charge in [-0.2, -0.15) is 0 Å². The second-order valence-corrected chi connectivity index (χ2v) is 3.02. The van der Waals surface area contributed by atoms with Crippen molar-refractivity contribution in [3.05, 3.63) is 0 Å². The summed E-state index contributed by atoms with van der Waals surface area (Å²) in [6.45, 7) is 1.96. The standard InChI is InChI=1S/C7H12N2O3/c1-5(10)9-3-7(8,4-9)6(11)12-2/h3-4,8H2,1-2H3. The first-order valence-electron chi connectivity index (χ1n) is 3.62. The van der Waals surface area contributed by atoms with Crippen molar-refractivity contribution in [3.63, 3.8) is 0 Å². The summed E-state index contributed by atoms with van der Waals surface area (Å²) in [5, 5.41) is 0. The number of esters is 1. The van der Waals surface area contributed by atoms with E-state index in [-0.39, 0.29) is 19.0 Å². The van der Waals surface area contributed by atoms with Crippen LogP contribution in [-0.2, 0) is 14.3 Å². The highest BCUT2D eigenvalue weighted by Crippen LogP contribution is 2.19. The lowest BCUT2D eigenvalue weighted by molar-refractivity contribution is -0.157. The quantitative estimate of drug-likeness (QED) is 0.500. The minimum atomic E-state index is -0.972. The molecule has 1 aliphatic heterocycles. The van der Waals surface area contributed by atoms with Crippen molar-refractivity contribution in [2.75, 3.05) is 20.2 Å². The van der Waals surface area contributed by atoms with Crippen LogP contribution in [0, 0.1) is 0 Å². The Morgan fingerprint density at radius 1 is 1.50 bits per heavy atom. The van der Waals surface area contributed by atoms with Crippen LogP contribution in [0.25, 0.3) is 0 Å². The third-order valence-electron chi connectivity index (χ3n) is 1.98. The molecule has 2 N–H and O–H groups in total. The van der Waals surface area contributed by atoms with Gasteiger partial charge < -0.3 is 15.4 Å². The van der Waals surface area contributed by atoms with E-state index in [1.165, 1.54) is 18.9 Å². The monoisotopic (exact) mass is 172 g/mol. The maximum atomic E-state index is 11.0. The van der Waals surface area contributed by atoms with Crippen LogP contribution in [0.15, 0.2) is 0 Å². The molecule has 1 fully saturated rings. The minimum absolute atomic E-state index is 0.0695. The number of nitrogens with two attached hydrogens (primary N) is 1. The van der Waals surface area contributed by atoms with Crippen LogP contribution in [0.4, 0.5) is 0 Å². The first-order chi connectivity index (χ1) is 5.49. The van der Waals surface area contributed by atoms with Crippen molar-refractivity contribution in [2.45, 2.75) is 12.5 Å². The molecule has 68 valence electrons. The van der Waals surface area contributed by atoms with Crippen molar-refractivity contribution in [1.29, 1.82) is 0 Å². The maximum absolute atomic E-state index is 11.0. The number of methoxy groups -OCH3 is 1. The summed E-state index contributed by atoms with van der Waals surface area (Å²) in [6.07, 6.45) is 0. The van der Waals surface area contributed by atoms with Gasteiger partial charge in [0.15, 0.2) is 0 Å². The first kappa shape index (κ1) is 8.99. The molecular weight excluding hydrogens is 160 g/mol. The number of ether oxygens (including phenoxy) is 1. The molecule has 5 nitrogen and oxygen atoms in total. The summed E-state index contributed by atoms with van der Waals surface area (Å²) in [7, 11) is 1.29. The highest BCUT2D eigenvalue weighted by molar-refractivity contribution is 5.86. The molecule has 1 amide bonds. The Bertz CT molecular complexity index is 221. The van der Waals surface area contributed by atoms with Crippen molar-refractivity contribution in [1.82, 2.24) is 4.90 Å². The Hall–Kier alpha value is -1.10. The fourth-order valence-corrected chi connectivity index (χ4v) is 1.19. The number of nitrogens with zero attached hydrogens (tertiary/aromatic N) is 1. The zero-order valence-corrected chi connectivity index (χ0v) is 7.16. The second kappa shape index (κ2) is 2.75. The van der Waals surface area contributed by atoms with E-state index in [4.69, 9.17) is 5.73 Å². The van der Waals surface area contributed by atoms with Gasteiger partial charge in [-0.25, -0.2) is 4.79 Å². The van der Waals surface area contributed by atoms with Gasteiger partial charge in [-0.15, -0.1) is 0 Å². The van der Waals surface area contributed by atoms with Gasteiger partial charge in [0.25, 0.3) is 0 Å².